The third-order valence-electron chi connectivity index (χ3n) is 1.58. The van der Waals surface area contributed by atoms with Crippen molar-refractivity contribution in [1.29, 1.82) is 0 Å². The maximum Gasteiger partial charge on any atom is 0.00313 e. The van der Waals surface area contributed by atoms with Crippen LogP contribution in [0.15, 0.2) is 0 Å². The molecule has 0 heterocycles. The summed E-state index contributed by atoms with van der Waals surface area (Å²) in [5, 5.41) is 1.13. The summed E-state index contributed by atoms with van der Waals surface area (Å²) >= 11 is 3.41. The molecule has 0 aromatic heterocycles. The van der Waals surface area contributed by atoms with E-state index in [1.165, 1.54) is 25.2 Å². The molecule has 1 rings (SSSR count). The Balaban J connectivity index is 1.91. The molecule has 0 bridgehead atoms. The second-order valence-electron chi connectivity index (χ2n) is 2.44. The van der Waals surface area contributed by atoms with Gasteiger partial charge in [-0.15, -0.1) is 0 Å². The van der Waals surface area contributed by atoms with Crippen LogP contribution in [0.25, 0.3) is 0 Å². The zero-order valence-corrected chi connectivity index (χ0v) is 7.60. The van der Waals surface area contributed by atoms with E-state index in [0.29, 0.717) is 0 Å². The molecule has 0 N–H and O–H groups in total. The van der Waals surface area contributed by atoms with Crippen LogP contribution >= 0.6 is 15.9 Å². The van der Waals surface area contributed by atoms with Gasteiger partial charge in [0.1, 0.15) is 0 Å². The maximum absolute atomic E-state index is 3.41. The zero-order chi connectivity index (χ0) is 7.23. The highest BCUT2D eigenvalue weighted by atomic mass is 79.9. The van der Waals surface area contributed by atoms with Gasteiger partial charge in [-0.3, -0.25) is 0 Å². The molecule has 1 heteroatoms. The average Bonchev–Trinajstić information content (AvgIpc) is 2.41. The maximum atomic E-state index is 3.41. The molecule has 0 atom stereocenters. The number of unbranched alkanes of at least 4 members (excludes halogenated alkanes) is 1. The molecular weight excluding hydrogens is 188 g/mol. The van der Waals surface area contributed by atoms with E-state index in [-0.39, 0.29) is 0 Å². The lowest BCUT2D eigenvalue weighted by Crippen LogP contribution is -1.91. The molecule has 1 aliphatic carbocycles. The topological polar surface area (TPSA) is 0 Å². The van der Waals surface area contributed by atoms with Crippen LogP contribution in [0.3, 0.4) is 0 Å². The fraction of sp³-hybridized carbons (Fsp3) is 0.444. The van der Waals surface area contributed by atoms with Crippen molar-refractivity contribution in [2.45, 2.75) is 19.3 Å². The SMILES string of the molecule is BrCCCC[C]1[CH][CH][CH][CH]1. The van der Waals surface area contributed by atoms with Crippen LogP contribution in [0.2, 0.25) is 0 Å². The van der Waals surface area contributed by atoms with E-state index in [1.807, 2.05) is 0 Å². The summed E-state index contributed by atoms with van der Waals surface area (Å²) in [4.78, 5) is 0. The van der Waals surface area contributed by atoms with Gasteiger partial charge in [0.2, 0.25) is 0 Å². The number of rotatable bonds is 4. The van der Waals surface area contributed by atoms with Crippen molar-refractivity contribution in [3.8, 4) is 0 Å². The van der Waals surface area contributed by atoms with Gasteiger partial charge in [0.05, 0.1) is 0 Å². The second-order valence-corrected chi connectivity index (χ2v) is 3.23. The highest BCUT2D eigenvalue weighted by Crippen LogP contribution is 2.27. The van der Waals surface area contributed by atoms with Crippen molar-refractivity contribution in [1.82, 2.24) is 0 Å². The molecule has 5 radical (unpaired) electrons. The normalized spacial score (nSPS) is 20.1. The Morgan fingerprint density at radius 3 is 2.40 bits per heavy atom. The first kappa shape index (κ1) is 8.58. The van der Waals surface area contributed by atoms with Crippen LogP contribution in [-0.2, 0) is 0 Å². The Morgan fingerprint density at radius 2 is 1.80 bits per heavy atom. The van der Waals surface area contributed by atoms with Crippen molar-refractivity contribution in [3.63, 3.8) is 0 Å². The van der Waals surface area contributed by atoms with Gasteiger partial charge in [-0.1, -0.05) is 22.4 Å². The Labute approximate surface area is 72.5 Å². The van der Waals surface area contributed by atoms with Crippen LogP contribution < -0.4 is 0 Å². The minimum Gasteiger partial charge on any atom is -0.0928 e. The number of hydrogen-bond acceptors (Lipinski definition) is 0. The van der Waals surface area contributed by atoms with Crippen LogP contribution in [0.5, 0.6) is 0 Å². The first-order valence-electron chi connectivity index (χ1n) is 3.70. The van der Waals surface area contributed by atoms with Crippen molar-refractivity contribution in [3.05, 3.63) is 31.6 Å². The standard InChI is InChI=1S/C9H12Br/c10-8-4-3-7-9-5-1-2-6-9/h1-2,5-6H,3-4,7-8H2. The molecule has 0 nitrogen and oxygen atoms in total. The van der Waals surface area contributed by atoms with Gasteiger partial charge < -0.3 is 0 Å². The van der Waals surface area contributed by atoms with Gasteiger partial charge >= 0.3 is 0 Å². The highest BCUT2D eigenvalue weighted by Gasteiger charge is 2.15. The van der Waals surface area contributed by atoms with Gasteiger partial charge in [0.15, 0.2) is 0 Å². The van der Waals surface area contributed by atoms with Crippen molar-refractivity contribution < 1.29 is 0 Å². The minimum absolute atomic E-state index is 1.13. The van der Waals surface area contributed by atoms with Crippen LogP contribution in [-0.4, -0.2) is 5.33 Å². The Kier molecular flexibility index (Phi) is 4.44. The van der Waals surface area contributed by atoms with Gasteiger partial charge in [0.25, 0.3) is 0 Å². The van der Waals surface area contributed by atoms with Crippen molar-refractivity contribution >= 4 is 15.9 Å². The highest BCUT2D eigenvalue weighted by molar-refractivity contribution is 9.09. The predicted octanol–water partition coefficient (Wildman–Crippen LogP) is 2.96. The molecule has 0 unspecified atom stereocenters. The molecule has 0 spiro atoms. The molecule has 1 saturated carbocycles. The van der Waals surface area contributed by atoms with E-state index in [1.54, 1.807) is 0 Å². The quantitative estimate of drug-likeness (QED) is 0.483. The zero-order valence-electron chi connectivity index (χ0n) is 6.02. The molecule has 1 aliphatic rings. The van der Waals surface area contributed by atoms with Crippen LogP contribution in [0.1, 0.15) is 19.3 Å². The predicted molar refractivity (Wildman–Crippen MR) is 48.1 cm³/mol. The molecule has 1 fully saturated rings. The second kappa shape index (κ2) is 5.17. The Morgan fingerprint density at radius 1 is 1.10 bits per heavy atom. The van der Waals surface area contributed by atoms with Gasteiger partial charge in [-0.25, -0.2) is 0 Å². The third-order valence-corrected chi connectivity index (χ3v) is 2.14. The molecule has 0 amide bonds. The smallest absolute Gasteiger partial charge is 0.00313 e. The summed E-state index contributed by atoms with van der Waals surface area (Å²) in [5.74, 6) is 1.47. The fourth-order valence-corrected chi connectivity index (χ4v) is 1.40. The lowest BCUT2D eigenvalue weighted by Gasteiger charge is -2.04. The van der Waals surface area contributed by atoms with Crippen LogP contribution in [0, 0.1) is 31.6 Å². The molecule has 0 aromatic rings. The van der Waals surface area contributed by atoms with Crippen LogP contribution in [0.4, 0.5) is 0 Å². The van der Waals surface area contributed by atoms with Crippen molar-refractivity contribution in [2.75, 3.05) is 5.33 Å². The fourth-order valence-electron chi connectivity index (χ4n) is 1.00. The van der Waals surface area contributed by atoms with E-state index >= 15 is 0 Å². The molecule has 0 saturated heterocycles. The number of alkyl halides is 1. The summed E-state index contributed by atoms with van der Waals surface area (Å²) in [6, 6.07) is 0. The van der Waals surface area contributed by atoms with E-state index in [4.69, 9.17) is 0 Å². The lowest BCUT2D eigenvalue weighted by atomic mass is 10.0. The molecule has 10 heavy (non-hydrogen) atoms. The first-order chi connectivity index (χ1) is 4.93. The first-order valence-corrected chi connectivity index (χ1v) is 4.82. The molecule has 0 aromatic carbocycles. The Hall–Kier alpha value is 0.480. The third kappa shape index (κ3) is 3.05. The Bertz CT molecular complexity index is 74.8. The summed E-state index contributed by atoms with van der Waals surface area (Å²) in [6.07, 6.45) is 12.4. The van der Waals surface area contributed by atoms with Gasteiger partial charge in [0, 0.05) is 5.33 Å². The number of halogens is 1. The number of hydrogen-bond donors (Lipinski definition) is 0. The molecular formula is C9H12Br. The van der Waals surface area contributed by atoms with Crippen molar-refractivity contribution in [2.24, 2.45) is 0 Å². The monoisotopic (exact) mass is 199 g/mol. The van der Waals surface area contributed by atoms with E-state index in [2.05, 4.69) is 41.6 Å². The van der Waals surface area contributed by atoms with E-state index < -0.39 is 0 Å². The van der Waals surface area contributed by atoms with Gasteiger partial charge in [-0.05, 0) is 44.4 Å². The summed E-state index contributed by atoms with van der Waals surface area (Å²) in [7, 11) is 0. The summed E-state index contributed by atoms with van der Waals surface area (Å²) in [6.45, 7) is 0. The van der Waals surface area contributed by atoms with E-state index in [0.717, 1.165) is 5.33 Å². The largest absolute Gasteiger partial charge is 0.0928 e. The summed E-state index contributed by atoms with van der Waals surface area (Å²) in [5.41, 5.74) is 0. The summed E-state index contributed by atoms with van der Waals surface area (Å²) < 4.78 is 0. The lowest BCUT2D eigenvalue weighted by molar-refractivity contribution is 0.765. The average molecular weight is 200 g/mol. The minimum atomic E-state index is 1.13. The molecule has 0 aliphatic heterocycles. The molecule has 55 valence electrons. The van der Waals surface area contributed by atoms with Gasteiger partial charge in [-0.2, -0.15) is 0 Å². The van der Waals surface area contributed by atoms with E-state index in [9.17, 15) is 0 Å².